The van der Waals surface area contributed by atoms with Crippen molar-refractivity contribution in [1.29, 1.82) is 0 Å². The van der Waals surface area contributed by atoms with Gasteiger partial charge in [0.05, 0.1) is 24.9 Å². The van der Waals surface area contributed by atoms with Crippen molar-refractivity contribution >= 4 is 17.4 Å². The first-order chi connectivity index (χ1) is 20.6. The lowest BCUT2D eigenvalue weighted by atomic mass is 9.93. The van der Waals surface area contributed by atoms with E-state index in [4.69, 9.17) is 14.5 Å². The molecule has 0 spiro atoms. The summed E-state index contributed by atoms with van der Waals surface area (Å²) < 4.78 is 11.9. The predicted molar refractivity (Wildman–Crippen MR) is 172 cm³/mol. The summed E-state index contributed by atoms with van der Waals surface area (Å²) in [5, 5.41) is 10.9. The monoisotopic (exact) mass is 603 g/mol. The molecule has 1 saturated heterocycles. The van der Waals surface area contributed by atoms with Crippen molar-refractivity contribution in [2.75, 3.05) is 32.8 Å². The molecule has 1 aliphatic carbocycles. The first-order valence-electron chi connectivity index (χ1n) is 15.8. The number of thiazole rings is 1. The van der Waals surface area contributed by atoms with E-state index in [1.165, 1.54) is 16.7 Å². The number of aliphatic hydroxyl groups excluding tert-OH is 1. The van der Waals surface area contributed by atoms with Crippen LogP contribution in [0.25, 0.3) is 21.7 Å². The first-order valence-corrected chi connectivity index (χ1v) is 16.6. The Morgan fingerprint density at radius 1 is 1.02 bits per heavy atom. The summed E-state index contributed by atoms with van der Waals surface area (Å²) in [6.45, 7) is 15.2. The highest BCUT2D eigenvalue weighted by Crippen LogP contribution is 2.40. The highest BCUT2D eigenvalue weighted by atomic mass is 32.1. The van der Waals surface area contributed by atoms with E-state index in [2.05, 4.69) is 55.1 Å². The van der Waals surface area contributed by atoms with Crippen molar-refractivity contribution in [2.24, 2.45) is 11.8 Å². The van der Waals surface area contributed by atoms with Crippen LogP contribution < -0.4 is 4.74 Å². The molecule has 1 aromatic heterocycles. The van der Waals surface area contributed by atoms with Gasteiger partial charge in [0.15, 0.2) is 0 Å². The van der Waals surface area contributed by atoms with Crippen LogP contribution in [0.15, 0.2) is 36.4 Å². The molecule has 0 bridgehead atoms. The number of fused-ring (bicyclic) bond motifs is 2. The molecule has 3 aliphatic rings. The molecule has 7 nitrogen and oxygen atoms in total. The third-order valence-electron chi connectivity index (χ3n) is 9.20. The van der Waals surface area contributed by atoms with Gasteiger partial charge in [0.1, 0.15) is 16.4 Å². The fourth-order valence-corrected chi connectivity index (χ4v) is 8.24. The van der Waals surface area contributed by atoms with Crippen molar-refractivity contribution in [3.63, 3.8) is 0 Å². The number of benzene rings is 2. The number of amides is 1. The number of hydrogen-bond donors (Lipinski definition) is 1. The molecule has 43 heavy (non-hydrogen) atoms. The first kappa shape index (κ1) is 30.1. The van der Waals surface area contributed by atoms with Gasteiger partial charge in [0, 0.05) is 43.0 Å². The van der Waals surface area contributed by atoms with E-state index in [1.54, 1.807) is 16.2 Å². The number of aliphatic hydroxyl groups is 1. The molecule has 1 N–H and O–H groups in total. The van der Waals surface area contributed by atoms with Gasteiger partial charge in [-0.2, -0.15) is 0 Å². The second-order valence-electron chi connectivity index (χ2n) is 13.6. The average molecular weight is 604 g/mol. The van der Waals surface area contributed by atoms with Crippen molar-refractivity contribution in [2.45, 2.75) is 78.6 Å². The molecule has 230 valence electrons. The standard InChI is InChI=1S/C35H45N3O4S/c1-22-27(9-6-11-29(22)33-36-30-13-15-38(21-32(30)43-33)34(40)42-35(3,4)5)28-10-7-12-31(23(28)2)41-16-8-14-37-19-24-17-26(39)18-25(24)20-37/h6-7,9-12,24-26,39H,8,13-21H2,1-5H3. The van der Waals surface area contributed by atoms with Crippen molar-refractivity contribution < 1.29 is 19.4 Å². The average Bonchev–Trinajstić information content (AvgIpc) is 3.63. The van der Waals surface area contributed by atoms with Crippen LogP contribution in [0.4, 0.5) is 4.79 Å². The van der Waals surface area contributed by atoms with Crippen LogP contribution in [0.2, 0.25) is 0 Å². The summed E-state index contributed by atoms with van der Waals surface area (Å²) in [5.74, 6) is 2.29. The molecular formula is C35H45N3O4S. The van der Waals surface area contributed by atoms with Gasteiger partial charge in [0.25, 0.3) is 0 Å². The Morgan fingerprint density at radius 2 is 1.70 bits per heavy atom. The maximum Gasteiger partial charge on any atom is 0.410 e. The highest BCUT2D eigenvalue weighted by Gasteiger charge is 2.39. The van der Waals surface area contributed by atoms with Gasteiger partial charge in [-0.05, 0) is 94.0 Å². The Hall–Kier alpha value is -2.94. The second-order valence-corrected chi connectivity index (χ2v) is 14.6. The zero-order valence-corrected chi connectivity index (χ0v) is 27.0. The highest BCUT2D eigenvalue weighted by molar-refractivity contribution is 7.15. The lowest BCUT2D eigenvalue weighted by Crippen LogP contribution is -2.39. The minimum atomic E-state index is -0.507. The topological polar surface area (TPSA) is 75.1 Å². The Kier molecular flexibility index (Phi) is 8.55. The van der Waals surface area contributed by atoms with E-state index in [-0.39, 0.29) is 12.2 Å². The minimum Gasteiger partial charge on any atom is -0.493 e. The summed E-state index contributed by atoms with van der Waals surface area (Å²) in [6.07, 6.45) is 3.35. The quantitative estimate of drug-likeness (QED) is 0.298. The Bertz CT molecular complexity index is 1460. The minimum absolute atomic E-state index is 0.0799. The number of carbonyl (C=O) groups excluding carboxylic acids is 1. The van der Waals surface area contributed by atoms with Crippen molar-refractivity contribution in [1.82, 2.24) is 14.8 Å². The van der Waals surface area contributed by atoms with Gasteiger partial charge in [0.2, 0.25) is 0 Å². The van der Waals surface area contributed by atoms with Crippen molar-refractivity contribution in [3.05, 3.63) is 58.1 Å². The van der Waals surface area contributed by atoms with Gasteiger partial charge >= 0.3 is 6.09 Å². The van der Waals surface area contributed by atoms with Crippen LogP contribution in [0.5, 0.6) is 5.75 Å². The summed E-state index contributed by atoms with van der Waals surface area (Å²) in [4.78, 5) is 23.2. The van der Waals surface area contributed by atoms with E-state index >= 15 is 0 Å². The van der Waals surface area contributed by atoms with Gasteiger partial charge in [-0.15, -0.1) is 11.3 Å². The summed E-state index contributed by atoms with van der Waals surface area (Å²) in [5.41, 5.74) is 6.43. The van der Waals surface area contributed by atoms with Gasteiger partial charge in [-0.1, -0.05) is 30.3 Å². The Labute approximate surface area is 259 Å². The number of carbonyl (C=O) groups is 1. The van der Waals surface area contributed by atoms with Crippen LogP contribution in [-0.4, -0.2) is 70.5 Å². The number of likely N-dealkylation sites (tertiary alicyclic amines) is 1. The van der Waals surface area contributed by atoms with E-state index < -0.39 is 5.60 Å². The summed E-state index contributed by atoms with van der Waals surface area (Å²) in [7, 11) is 0. The predicted octanol–water partition coefficient (Wildman–Crippen LogP) is 6.86. The molecule has 1 amide bonds. The van der Waals surface area contributed by atoms with Crippen LogP contribution in [0.3, 0.4) is 0 Å². The molecule has 3 aromatic rings. The lowest BCUT2D eigenvalue weighted by molar-refractivity contribution is 0.0225. The normalized spacial score (nSPS) is 22.0. The molecule has 6 rings (SSSR count). The van der Waals surface area contributed by atoms with Gasteiger partial charge in [-0.3, -0.25) is 0 Å². The third-order valence-corrected chi connectivity index (χ3v) is 10.3. The number of nitrogens with zero attached hydrogens (tertiary/aromatic N) is 3. The molecule has 2 aliphatic heterocycles. The lowest BCUT2D eigenvalue weighted by Gasteiger charge is -2.29. The number of hydrogen-bond acceptors (Lipinski definition) is 7. The maximum atomic E-state index is 12.7. The van der Waals surface area contributed by atoms with Gasteiger partial charge in [-0.25, -0.2) is 9.78 Å². The number of rotatable bonds is 7. The smallest absolute Gasteiger partial charge is 0.410 e. The van der Waals surface area contributed by atoms with E-state index in [1.807, 2.05) is 20.8 Å². The zero-order valence-electron chi connectivity index (χ0n) is 26.2. The summed E-state index contributed by atoms with van der Waals surface area (Å²) in [6, 6.07) is 12.8. The SMILES string of the molecule is Cc1c(OCCCN2CC3CC(O)CC3C2)cccc1-c1cccc(-c2nc3c(s2)CN(C(=O)OC(C)(C)C)CC3)c1C. The molecule has 2 atom stereocenters. The molecule has 2 fully saturated rings. The van der Waals surface area contributed by atoms with Crippen LogP contribution in [-0.2, 0) is 17.7 Å². The van der Waals surface area contributed by atoms with E-state index in [0.29, 0.717) is 31.5 Å². The molecule has 8 heteroatoms. The molecule has 2 unspecified atom stereocenters. The number of ether oxygens (including phenoxy) is 2. The third kappa shape index (κ3) is 6.61. The van der Waals surface area contributed by atoms with E-state index in [9.17, 15) is 9.90 Å². The fraction of sp³-hybridized carbons (Fsp3) is 0.543. The largest absolute Gasteiger partial charge is 0.493 e. The van der Waals surface area contributed by atoms with E-state index in [0.717, 1.165) is 77.8 Å². The number of aromatic nitrogens is 1. The van der Waals surface area contributed by atoms with Crippen LogP contribution in [0.1, 0.15) is 61.7 Å². The zero-order chi connectivity index (χ0) is 30.3. The van der Waals surface area contributed by atoms with Crippen LogP contribution >= 0.6 is 11.3 Å². The molecule has 2 aromatic carbocycles. The molecule has 1 saturated carbocycles. The molecule has 0 radical (unpaired) electrons. The van der Waals surface area contributed by atoms with Gasteiger partial charge < -0.3 is 24.4 Å². The van der Waals surface area contributed by atoms with Crippen molar-refractivity contribution in [3.8, 4) is 27.4 Å². The molecular weight excluding hydrogens is 558 g/mol. The molecule has 3 heterocycles. The fourth-order valence-electron chi connectivity index (χ4n) is 7.03. The second kappa shape index (κ2) is 12.2. The maximum absolute atomic E-state index is 12.7. The van der Waals surface area contributed by atoms with Crippen LogP contribution in [0, 0.1) is 25.7 Å². The Morgan fingerprint density at radius 3 is 2.42 bits per heavy atom. The summed E-state index contributed by atoms with van der Waals surface area (Å²) >= 11 is 1.68. The Balaban J connectivity index is 1.12.